The SMILES string of the molecule is Cc1cnc(C(C)N)c(C)n1. The van der Waals surface area contributed by atoms with Crippen LogP contribution in [0.15, 0.2) is 6.20 Å². The average Bonchev–Trinajstić information content (AvgIpc) is 1.85. The van der Waals surface area contributed by atoms with Crippen molar-refractivity contribution in [2.24, 2.45) is 5.73 Å². The molecule has 2 N–H and O–H groups in total. The summed E-state index contributed by atoms with van der Waals surface area (Å²) in [5.41, 5.74) is 8.41. The second kappa shape index (κ2) is 2.96. The molecule has 0 radical (unpaired) electrons. The first-order chi connectivity index (χ1) is 5.11. The lowest BCUT2D eigenvalue weighted by Gasteiger charge is -2.06. The maximum absolute atomic E-state index is 5.66. The molecule has 0 aliphatic carbocycles. The molecular formula is C8H13N3. The largest absolute Gasteiger partial charge is 0.323 e. The molecule has 0 bridgehead atoms. The highest BCUT2D eigenvalue weighted by atomic mass is 14.8. The van der Waals surface area contributed by atoms with Gasteiger partial charge >= 0.3 is 0 Å². The minimum atomic E-state index is -0.0249. The number of aryl methyl sites for hydroxylation is 2. The zero-order valence-corrected chi connectivity index (χ0v) is 7.13. The molecule has 11 heavy (non-hydrogen) atoms. The average molecular weight is 151 g/mol. The van der Waals surface area contributed by atoms with Gasteiger partial charge in [0.25, 0.3) is 0 Å². The van der Waals surface area contributed by atoms with Crippen LogP contribution in [0.25, 0.3) is 0 Å². The minimum absolute atomic E-state index is 0.0249. The lowest BCUT2D eigenvalue weighted by molar-refractivity contribution is 0.755. The van der Waals surface area contributed by atoms with Crippen LogP contribution in [0.4, 0.5) is 0 Å². The number of nitrogens with two attached hydrogens (primary N) is 1. The van der Waals surface area contributed by atoms with Crippen LogP contribution in [0, 0.1) is 13.8 Å². The van der Waals surface area contributed by atoms with Gasteiger partial charge in [0.05, 0.1) is 17.1 Å². The minimum Gasteiger partial charge on any atom is -0.323 e. The molecule has 0 aromatic carbocycles. The third-order valence-electron chi connectivity index (χ3n) is 1.54. The van der Waals surface area contributed by atoms with Gasteiger partial charge in [-0.05, 0) is 20.8 Å². The Morgan fingerprint density at radius 2 is 2.09 bits per heavy atom. The third-order valence-corrected chi connectivity index (χ3v) is 1.54. The highest BCUT2D eigenvalue weighted by molar-refractivity contribution is 5.14. The van der Waals surface area contributed by atoms with Gasteiger partial charge in [0.1, 0.15) is 0 Å². The molecule has 1 atom stereocenters. The van der Waals surface area contributed by atoms with E-state index in [2.05, 4.69) is 9.97 Å². The Labute approximate surface area is 66.7 Å². The maximum atomic E-state index is 5.66. The van der Waals surface area contributed by atoms with Gasteiger partial charge in [-0.2, -0.15) is 0 Å². The number of rotatable bonds is 1. The summed E-state index contributed by atoms with van der Waals surface area (Å²) in [4.78, 5) is 8.44. The van der Waals surface area contributed by atoms with Crippen LogP contribution in [0.2, 0.25) is 0 Å². The summed E-state index contributed by atoms with van der Waals surface area (Å²) in [6.07, 6.45) is 1.74. The lowest BCUT2D eigenvalue weighted by Crippen LogP contribution is -2.10. The Kier molecular flexibility index (Phi) is 2.19. The molecule has 0 amide bonds. The van der Waals surface area contributed by atoms with E-state index >= 15 is 0 Å². The molecule has 0 saturated carbocycles. The predicted octanol–water partition coefficient (Wildman–Crippen LogP) is 1.11. The van der Waals surface area contributed by atoms with Gasteiger partial charge < -0.3 is 5.73 Å². The van der Waals surface area contributed by atoms with Crippen molar-refractivity contribution in [2.45, 2.75) is 26.8 Å². The van der Waals surface area contributed by atoms with Crippen molar-refractivity contribution >= 4 is 0 Å². The Morgan fingerprint density at radius 3 is 2.55 bits per heavy atom. The Balaban J connectivity index is 3.09. The van der Waals surface area contributed by atoms with Gasteiger partial charge in [-0.15, -0.1) is 0 Å². The molecule has 0 fully saturated rings. The number of hydrogen-bond acceptors (Lipinski definition) is 3. The molecule has 0 spiro atoms. The summed E-state index contributed by atoms with van der Waals surface area (Å²) in [7, 11) is 0. The summed E-state index contributed by atoms with van der Waals surface area (Å²) in [5, 5.41) is 0. The van der Waals surface area contributed by atoms with E-state index in [1.165, 1.54) is 0 Å². The molecule has 3 heteroatoms. The third kappa shape index (κ3) is 1.74. The molecule has 0 aliphatic heterocycles. The molecule has 1 unspecified atom stereocenters. The van der Waals surface area contributed by atoms with Crippen molar-refractivity contribution in [3.05, 3.63) is 23.3 Å². The second-order valence-electron chi connectivity index (χ2n) is 2.77. The molecule has 60 valence electrons. The summed E-state index contributed by atoms with van der Waals surface area (Å²) >= 11 is 0. The van der Waals surface area contributed by atoms with Crippen molar-refractivity contribution in [1.82, 2.24) is 9.97 Å². The first kappa shape index (κ1) is 8.14. The van der Waals surface area contributed by atoms with Crippen molar-refractivity contribution in [1.29, 1.82) is 0 Å². The van der Waals surface area contributed by atoms with Crippen molar-refractivity contribution in [2.75, 3.05) is 0 Å². The standard InChI is InChI=1S/C8H13N3/c1-5-4-10-8(6(2)9)7(3)11-5/h4,6H,9H2,1-3H3. The zero-order chi connectivity index (χ0) is 8.43. The predicted molar refractivity (Wildman–Crippen MR) is 44.1 cm³/mol. The van der Waals surface area contributed by atoms with Gasteiger partial charge in [-0.3, -0.25) is 9.97 Å². The van der Waals surface area contributed by atoms with Crippen molar-refractivity contribution in [3.63, 3.8) is 0 Å². The Hall–Kier alpha value is -0.960. The van der Waals surface area contributed by atoms with Crippen LogP contribution in [-0.4, -0.2) is 9.97 Å². The van der Waals surface area contributed by atoms with Crippen LogP contribution in [0.5, 0.6) is 0 Å². The van der Waals surface area contributed by atoms with Crippen LogP contribution >= 0.6 is 0 Å². The van der Waals surface area contributed by atoms with E-state index in [1.54, 1.807) is 6.20 Å². The molecule has 0 saturated heterocycles. The Bertz CT molecular complexity index is 256. The molecule has 1 aromatic rings. The molecule has 3 nitrogen and oxygen atoms in total. The summed E-state index contributed by atoms with van der Waals surface area (Å²) in [6.45, 7) is 5.76. The number of nitrogens with zero attached hydrogens (tertiary/aromatic N) is 2. The smallest absolute Gasteiger partial charge is 0.0780 e. The van der Waals surface area contributed by atoms with Gasteiger partial charge in [0, 0.05) is 12.2 Å². The Morgan fingerprint density at radius 1 is 1.45 bits per heavy atom. The van der Waals surface area contributed by atoms with E-state index < -0.39 is 0 Å². The summed E-state index contributed by atoms with van der Waals surface area (Å²) in [6, 6.07) is -0.0249. The lowest BCUT2D eigenvalue weighted by atomic mass is 10.2. The zero-order valence-electron chi connectivity index (χ0n) is 7.13. The highest BCUT2D eigenvalue weighted by Crippen LogP contribution is 2.09. The van der Waals surface area contributed by atoms with Gasteiger partial charge in [0.2, 0.25) is 0 Å². The van der Waals surface area contributed by atoms with Crippen LogP contribution in [-0.2, 0) is 0 Å². The monoisotopic (exact) mass is 151 g/mol. The van der Waals surface area contributed by atoms with Gasteiger partial charge in [-0.1, -0.05) is 0 Å². The van der Waals surface area contributed by atoms with Gasteiger partial charge in [0.15, 0.2) is 0 Å². The van der Waals surface area contributed by atoms with Crippen molar-refractivity contribution in [3.8, 4) is 0 Å². The van der Waals surface area contributed by atoms with Crippen LogP contribution < -0.4 is 5.73 Å². The molecule has 1 aromatic heterocycles. The fraction of sp³-hybridized carbons (Fsp3) is 0.500. The fourth-order valence-corrected chi connectivity index (χ4v) is 1.05. The van der Waals surface area contributed by atoms with Gasteiger partial charge in [-0.25, -0.2) is 0 Å². The normalized spacial score (nSPS) is 13.1. The van der Waals surface area contributed by atoms with Crippen LogP contribution in [0.1, 0.15) is 30.0 Å². The first-order valence-electron chi connectivity index (χ1n) is 3.67. The first-order valence-corrected chi connectivity index (χ1v) is 3.67. The molecule has 1 rings (SSSR count). The molecule has 0 aliphatic rings. The molecule has 1 heterocycles. The van der Waals surface area contributed by atoms with E-state index in [1.807, 2.05) is 20.8 Å². The number of aromatic nitrogens is 2. The quantitative estimate of drug-likeness (QED) is 0.654. The van der Waals surface area contributed by atoms with E-state index in [4.69, 9.17) is 5.73 Å². The van der Waals surface area contributed by atoms with E-state index in [-0.39, 0.29) is 6.04 Å². The fourth-order valence-electron chi connectivity index (χ4n) is 1.05. The topological polar surface area (TPSA) is 51.8 Å². The van der Waals surface area contributed by atoms with Crippen LogP contribution in [0.3, 0.4) is 0 Å². The molecular weight excluding hydrogens is 138 g/mol. The highest BCUT2D eigenvalue weighted by Gasteiger charge is 2.05. The van der Waals surface area contributed by atoms with E-state index in [9.17, 15) is 0 Å². The van der Waals surface area contributed by atoms with Crippen molar-refractivity contribution < 1.29 is 0 Å². The van der Waals surface area contributed by atoms with E-state index in [0.29, 0.717) is 0 Å². The summed E-state index contributed by atoms with van der Waals surface area (Å²) in [5.74, 6) is 0. The van der Waals surface area contributed by atoms with E-state index in [0.717, 1.165) is 17.1 Å². The maximum Gasteiger partial charge on any atom is 0.0780 e. The summed E-state index contributed by atoms with van der Waals surface area (Å²) < 4.78 is 0. The number of hydrogen-bond donors (Lipinski definition) is 1. The second-order valence-corrected chi connectivity index (χ2v) is 2.77.